The van der Waals surface area contributed by atoms with Crippen LogP contribution in [0.1, 0.15) is 38.2 Å². The zero-order chi connectivity index (χ0) is 15.5. The van der Waals surface area contributed by atoms with Gasteiger partial charge < -0.3 is 15.4 Å². The van der Waals surface area contributed by atoms with E-state index in [-0.39, 0.29) is 24.0 Å². The summed E-state index contributed by atoms with van der Waals surface area (Å²) in [6.45, 7) is 5.52. The molecule has 0 bridgehead atoms. The first-order chi connectivity index (χ1) is 10.9. The SMILES string of the molecule is CCNC(=NCCCCOCCc1ccccc1)NC1CC1.I. The van der Waals surface area contributed by atoms with Gasteiger partial charge in [0.05, 0.1) is 6.61 Å². The predicted octanol–water partition coefficient (Wildman–Crippen LogP) is 3.36. The summed E-state index contributed by atoms with van der Waals surface area (Å²) in [5.74, 6) is 0.968. The Morgan fingerprint density at radius 3 is 2.65 bits per heavy atom. The van der Waals surface area contributed by atoms with Gasteiger partial charge in [-0.1, -0.05) is 30.3 Å². The maximum absolute atomic E-state index is 5.69. The van der Waals surface area contributed by atoms with Gasteiger partial charge in [0, 0.05) is 25.7 Å². The van der Waals surface area contributed by atoms with Crippen LogP contribution in [0.15, 0.2) is 35.3 Å². The van der Waals surface area contributed by atoms with E-state index in [1.54, 1.807) is 0 Å². The Morgan fingerprint density at radius 2 is 1.96 bits per heavy atom. The highest BCUT2D eigenvalue weighted by Crippen LogP contribution is 2.18. The van der Waals surface area contributed by atoms with Crippen LogP contribution in [0.25, 0.3) is 0 Å². The van der Waals surface area contributed by atoms with Crippen LogP contribution in [0.2, 0.25) is 0 Å². The summed E-state index contributed by atoms with van der Waals surface area (Å²) in [5.41, 5.74) is 1.34. The second-order valence-electron chi connectivity index (χ2n) is 5.73. The van der Waals surface area contributed by atoms with E-state index in [0.717, 1.165) is 51.5 Å². The number of benzene rings is 1. The Labute approximate surface area is 157 Å². The third kappa shape index (κ3) is 9.81. The molecule has 0 radical (unpaired) electrons. The first-order valence-corrected chi connectivity index (χ1v) is 8.55. The van der Waals surface area contributed by atoms with Crippen LogP contribution in [-0.2, 0) is 11.2 Å². The van der Waals surface area contributed by atoms with Crippen molar-refractivity contribution < 1.29 is 4.74 Å². The van der Waals surface area contributed by atoms with E-state index < -0.39 is 0 Å². The summed E-state index contributed by atoms with van der Waals surface area (Å²) in [6, 6.07) is 11.1. The van der Waals surface area contributed by atoms with Gasteiger partial charge in [0.15, 0.2) is 5.96 Å². The maximum Gasteiger partial charge on any atom is 0.191 e. The van der Waals surface area contributed by atoms with Gasteiger partial charge in [-0.2, -0.15) is 0 Å². The summed E-state index contributed by atoms with van der Waals surface area (Å²) in [7, 11) is 0. The molecular formula is C18H30IN3O. The molecule has 1 aromatic carbocycles. The van der Waals surface area contributed by atoms with Crippen LogP contribution in [0.5, 0.6) is 0 Å². The van der Waals surface area contributed by atoms with E-state index in [1.165, 1.54) is 18.4 Å². The normalized spacial score (nSPS) is 14.2. The topological polar surface area (TPSA) is 45.7 Å². The Hall–Kier alpha value is -0.820. The molecule has 130 valence electrons. The molecule has 5 heteroatoms. The van der Waals surface area contributed by atoms with Crippen LogP contribution in [0.4, 0.5) is 0 Å². The van der Waals surface area contributed by atoms with Crippen molar-refractivity contribution in [1.29, 1.82) is 0 Å². The number of nitrogens with zero attached hydrogens (tertiary/aromatic N) is 1. The van der Waals surface area contributed by atoms with E-state index in [2.05, 4.69) is 46.8 Å². The van der Waals surface area contributed by atoms with Gasteiger partial charge in [-0.25, -0.2) is 0 Å². The molecule has 2 rings (SSSR count). The highest BCUT2D eigenvalue weighted by atomic mass is 127. The summed E-state index contributed by atoms with van der Waals surface area (Å²) in [5, 5.41) is 6.72. The number of rotatable bonds is 10. The minimum atomic E-state index is 0. The molecule has 0 aromatic heterocycles. The second kappa shape index (κ2) is 12.6. The number of hydrogen-bond donors (Lipinski definition) is 2. The molecule has 0 amide bonds. The van der Waals surface area contributed by atoms with Crippen molar-refractivity contribution in [3.63, 3.8) is 0 Å². The molecule has 1 aromatic rings. The van der Waals surface area contributed by atoms with E-state index in [4.69, 9.17) is 4.74 Å². The highest BCUT2D eigenvalue weighted by Gasteiger charge is 2.21. The Bertz CT molecular complexity index is 435. The van der Waals surface area contributed by atoms with Crippen molar-refractivity contribution in [3.05, 3.63) is 35.9 Å². The van der Waals surface area contributed by atoms with Gasteiger partial charge in [-0.3, -0.25) is 4.99 Å². The molecule has 1 saturated carbocycles. The molecule has 23 heavy (non-hydrogen) atoms. The number of ether oxygens (including phenoxy) is 1. The lowest BCUT2D eigenvalue weighted by Gasteiger charge is -2.10. The fraction of sp³-hybridized carbons (Fsp3) is 0.611. The summed E-state index contributed by atoms with van der Waals surface area (Å²) >= 11 is 0. The average molecular weight is 431 g/mol. The highest BCUT2D eigenvalue weighted by molar-refractivity contribution is 14.0. The molecule has 0 atom stereocenters. The lowest BCUT2D eigenvalue weighted by Crippen LogP contribution is -2.38. The average Bonchev–Trinajstić information content (AvgIpc) is 3.35. The molecule has 0 saturated heterocycles. The molecule has 1 aliphatic carbocycles. The number of nitrogens with one attached hydrogen (secondary N) is 2. The number of aliphatic imine (C=N–C) groups is 1. The van der Waals surface area contributed by atoms with E-state index in [9.17, 15) is 0 Å². The summed E-state index contributed by atoms with van der Waals surface area (Å²) in [6.07, 6.45) is 5.70. The molecule has 1 fully saturated rings. The van der Waals surface area contributed by atoms with Gasteiger partial charge in [0.2, 0.25) is 0 Å². The van der Waals surface area contributed by atoms with E-state index in [1.807, 2.05) is 6.07 Å². The molecule has 0 aliphatic heterocycles. The van der Waals surface area contributed by atoms with Crippen molar-refractivity contribution in [2.45, 2.75) is 45.1 Å². The van der Waals surface area contributed by atoms with Crippen LogP contribution in [0.3, 0.4) is 0 Å². The van der Waals surface area contributed by atoms with Crippen LogP contribution >= 0.6 is 24.0 Å². The number of halogens is 1. The Kier molecular flexibility index (Phi) is 11.1. The number of unbranched alkanes of at least 4 members (excludes halogenated alkanes) is 1. The Morgan fingerprint density at radius 1 is 1.17 bits per heavy atom. The van der Waals surface area contributed by atoms with Gasteiger partial charge in [0.25, 0.3) is 0 Å². The van der Waals surface area contributed by atoms with Crippen molar-refractivity contribution in [3.8, 4) is 0 Å². The van der Waals surface area contributed by atoms with Gasteiger partial charge >= 0.3 is 0 Å². The van der Waals surface area contributed by atoms with Crippen molar-refractivity contribution >= 4 is 29.9 Å². The van der Waals surface area contributed by atoms with Gasteiger partial charge in [-0.05, 0) is 44.6 Å². The van der Waals surface area contributed by atoms with Crippen molar-refractivity contribution in [2.24, 2.45) is 4.99 Å². The Balaban J connectivity index is 0.00000264. The fourth-order valence-corrected chi connectivity index (χ4v) is 2.18. The van der Waals surface area contributed by atoms with Crippen molar-refractivity contribution in [1.82, 2.24) is 10.6 Å². The quantitative estimate of drug-likeness (QED) is 0.259. The van der Waals surface area contributed by atoms with Crippen LogP contribution in [-0.4, -0.2) is 38.3 Å². The van der Waals surface area contributed by atoms with E-state index in [0.29, 0.717) is 6.04 Å². The van der Waals surface area contributed by atoms with Gasteiger partial charge in [-0.15, -0.1) is 24.0 Å². The monoisotopic (exact) mass is 431 g/mol. The minimum absolute atomic E-state index is 0. The zero-order valence-electron chi connectivity index (χ0n) is 14.1. The van der Waals surface area contributed by atoms with Gasteiger partial charge in [0.1, 0.15) is 0 Å². The van der Waals surface area contributed by atoms with Crippen LogP contribution < -0.4 is 10.6 Å². The standard InChI is InChI=1S/C18H29N3O.HI/c1-2-19-18(21-17-10-11-17)20-13-6-7-14-22-15-12-16-8-4-3-5-9-16;/h3-5,8-9,17H,2,6-7,10-15H2,1H3,(H2,19,20,21);1H. The number of hydrogen-bond acceptors (Lipinski definition) is 2. The lowest BCUT2D eigenvalue weighted by molar-refractivity contribution is 0.134. The predicted molar refractivity (Wildman–Crippen MR) is 108 cm³/mol. The first kappa shape index (κ1) is 20.2. The number of guanidine groups is 1. The summed E-state index contributed by atoms with van der Waals surface area (Å²) in [4.78, 5) is 4.60. The molecule has 1 aliphatic rings. The largest absolute Gasteiger partial charge is 0.381 e. The fourth-order valence-electron chi connectivity index (χ4n) is 2.18. The smallest absolute Gasteiger partial charge is 0.191 e. The second-order valence-corrected chi connectivity index (χ2v) is 5.73. The summed E-state index contributed by atoms with van der Waals surface area (Å²) < 4.78 is 5.69. The molecule has 0 heterocycles. The van der Waals surface area contributed by atoms with Crippen LogP contribution in [0, 0.1) is 0 Å². The maximum atomic E-state index is 5.69. The van der Waals surface area contributed by atoms with Crippen molar-refractivity contribution in [2.75, 3.05) is 26.3 Å². The minimum Gasteiger partial charge on any atom is -0.381 e. The zero-order valence-corrected chi connectivity index (χ0v) is 16.4. The van der Waals surface area contributed by atoms with E-state index >= 15 is 0 Å². The molecule has 0 unspecified atom stereocenters. The molecule has 2 N–H and O–H groups in total. The lowest BCUT2D eigenvalue weighted by atomic mass is 10.2. The third-order valence-electron chi connectivity index (χ3n) is 3.61. The molecular weight excluding hydrogens is 401 g/mol. The molecule has 0 spiro atoms. The molecule has 4 nitrogen and oxygen atoms in total. The first-order valence-electron chi connectivity index (χ1n) is 8.55. The third-order valence-corrected chi connectivity index (χ3v) is 3.61.